The molecule has 10 heterocycles. The lowest BCUT2D eigenvalue weighted by molar-refractivity contribution is -0.0305. The molecule has 2 aromatic heterocycles. The molecule has 6 saturated heterocycles. The van der Waals surface area contributed by atoms with E-state index in [9.17, 15) is 9.59 Å². The van der Waals surface area contributed by atoms with Crippen LogP contribution in [0.1, 0.15) is 59.2 Å². The minimum absolute atomic E-state index is 0. The predicted molar refractivity (Wildman–Crippen MR) is 198 cm³/mol. The minimum atomic E-state index is -0.281. The number of nitrogens with one attached hydrogen (secondary N) is 2. The molecule has 52 heavy (non-hydrogen) atoms. The van der Waals surface area contributed by atoms with E-state index in [1.165, 1.54) is 0 Å². The first-order valence-electron chi connectivity index (χ1n) is 18.1. The van der Waals surface area contributed by atoms with Crippen molar-refractivity contribution in [2.75, 3.05) is 78.9 Å². The largest absolute Gasteiger partial charge is 0.486 e. The number of fused-ring (bicyclic) bond motifs is 12. The van der Waals surface area contributed by atoms with Crippen molar-refractivity contribution in [3.8, 4) is 23.0 Å². The number of ether oxygens (including phenoxy) is 6. The van der Waals surface area contributed by atoms with Crippen LogP contribution in [0, 0.1) is 10.8 Å². The number of hydrogen-bond donors (Lipinski definition) is 2. The molecule has 275 valence electrons. The van der Waals surface area contributed by atoms with Gasteiger partial charge in [0.25, 0.3) is 0 Å². The number of nitrogens with zero attached hydrogens (tertiary/aromatic N) is 2. The van der Waals surface area contributed by atoms with E-state index in [4.69, 9.17) is 28.4 Å². The third-order valence-electron chi connectivity index (χ3n) is 11.9. The number of piperidine rings is 6. The molecule has 4 aromatic rings. The molecule has 0 saturated carbocycles. The maximum atomic E-state index is 12.8. The van der Waals surface area contributed by atoms with E-state index in [2.05, 4.69) is 19.8 Å². The van der Waals surface area contributed by atoms with Crippen molar-refractivity contribution in [1.82, 2.24) is 19.8 Å². The summed E-state index contributed by atoms with van der Waals surface area (Å²) in [5, 5.41) is 1.52. The summed E-state index contributed by atoms with van der Waals surface area (Å²) in [5.41, 5.74) is 3.13. The first-order valence-corrected chi connectivity index (χ1v) is 18.1. The minimum Gasteiger partial charge on any atom is -0.486 e. The van der Waals surface area contributed by atoms with Crippen molar-refractivity contribution >= 4 is 54.6 Å². The van der Waals surface area contributed by atoms with E-state index in [0.717, 1.165) is 99.6 Å². The zero-order valence-corrected chi connectivity index (χ0v) is 30.2. The molecule has 14 heteroatoms. The molecule has 4 bridgehead atoms. The Morgan fingerprint density at radius 3 is 1.35 bits per heavy atom. The highest BCUT2D eigenvalue weighted by atomic mass is 35.5. The average Bonchev–Trinajstić information content (AvgIpc) is 3.84. The van der Waals surface area contributed by atoms with Gasteiger partial charge in [0, 0.05) is 31.6 Å². The van der Waals surface area contributed by atoms with Crippen LogP contribution < -0.4 is 18.9 Å². The van der Waals surface area contributed by atoms with Gasteiger partial charge in [-0.2, -0.15) is 0 Å². The quantitative estimate of drug-likeness (QED) is 0.202. The van der Waals surface area contributed by atoms with Crippen LogP contribution in [0.25, 0.3) is 21.8 Å². The molecule has 6 fully saturated rings. The maximum absolute atomic E-state index is 12.8. The van der Waals surface area contributed by atoms with Gasteiger partial charge < -0.3 is 48.2 Å². The number of aromatic amines is 2. The van der Waals surface area contributed by atoms with Gasteiger partial charge in [-0.25, -0.2) is 9.59 Å². The summed E-state index contributed by atoms with van der Waals surface area (Å²) >= 11 is 0. The predicted octanol–water partition coefficient (Wildman–Crippen LogP) is 5.20. The van der Waals surface area contributed by atoms with Crippen LogP contribution in [0.5, 0.6) is 23.0 Å². The highest BCUT2D eigenvalue weighted by Gasteiger charge is 2.42. The standard InChI is InChI=1S/2C19H22N2O4.B.ClH/c2*22-18(25-12-19-3-6-21(7-4-19)8-5-19)13-11-20-14-1-2-15-17(16(13)14)24-10-9-23-15;;/h2*1-2,11,20H,3-10,12H2;;1H. The average molecular weight is 732 g/mol. The van der Waals surface area contributed by atoms with Gasteiger partial charge in [0.2, 0.25) is 0 Å². The number of carbonyl (C=O) groups is 2. The highest BCUT2D eigenvalue weighted by Crippen LogP contribution is 2.44. The summed E-state index contributed by atoms with van der Waals surface area (Å²) in [6.45, 7) is 9.84. The van der Waals surface area contributed by atoms with Crippen LogP contribution in [0.3, 0.4) is 0 Å². The third kappa shape index (κ3) is 6.67. The van der Waals surface area contributed by atoms with Crippen molar-refractivity contribution < 1.29 is 38.0 Å². The number of esters is 2. The fourth-order valence-electron chi connectivity index (χ4n) is 8.59. The van der Waals surface area contributed by atoms with Crippen molar-refractivity contribution in [3.63, 3.8) is 0 Å². The Morgan fingerprint density at radius 2 is 0.962 bits per heavy atom. The van der Waals surface area contributed by atoms with E-state index < -0.39 is 0 Å². The molecule has 8 aliphatic rings. The smallest absolute Gasteiger partial charge is 0.340 e. The number of aromatic nitrogens is 2. The maximum Gasteiger partial charge on any atom is 0.340 e. The Balaban J connectivity index is 0.000000156. The molecular formula is C38H45BClN4O8. The number of hydrogen-bond acceptors (Lipinski definition) is 10. The molecule has 0 amide bonds. The topological polar surface area (TPSA) is 128 Å². The van der Waals surface area contributed by atoms with Crippen molar-refractivity contribution in [2.45, 2.75) is 38.5 Å². The Kier molecular flexibility index (Phi) is 10.3. The van der Waals surface area contributed by atoms with Gasteiger partial charge in [-0.1, -0.05) is 0 Å². The molecule has 12 rings (SSSR count). The number of carbonyl (C=O) groups excluding carboxylic acids is 2. The van der Waals surface area contributed by atoms with Crippen molar-refractivity contribution in [2.24, 2.45) is 10.8 Å². The Labute approximate surface area is 310 Å². The van der Waals surface area contributed by atoms with Crippen LogP contribution in [-0.4, -0.2) is 119 Å². The molecule has 0 atom stereocenters. The van der Waals surface area contributed by atoms with Gasteiger partial charge in [-0.15, -0.1) is 12.4 Å². The fourth-order valence-corrected chi connectivity index (χ4v) is 8.59. The lowest BCUT2D eigenvalue weighted by atomic mass is 9.73. The van der Waals surface area contributed by atoms with E-state index in [-0.39, 0.29) is 43.6 Å². The van der Waals surface area contributed by atoms with E-state index in [1.807, 2.05) is 24.3 Å². The molecule has 8 aliphatic heterocycles. The summed E-state index contributed by atoms with van der Waals surface area (Å²) in [6, 6.07) is 7.57. The zero-order chi connectivity index (χ0) is 33.7. The third-order valence-corrected chi connectivity index (χ3v) is 11.9. The van der Waals surface area contributed by atoms with Gasteiger partial charge in [-0.3, -0.25) is 0 Å². The lowest BCUT2D eigenvalue weighted by Gasteiger charge is -2.47. The zero-order valence-electron chi connectivity index (χ0n) is 29.3. The van der Waals surface area contributed by atoms with Gasteiger partial charge in [-0.05, 0) is 102 Å². The van der Waals surface area contributed by atoms with Crippen LogP contribution in [0.4, 0.5) is 0 Å². The number of H-pyrrole nitrogens is 2. The normalized spacial score (nSPS) is 26.4. The molecular weight excluding hydrogens is 687 g/mol. The summed E-state index contributed by atoms with van der Waals surface area (Å²) in [4.78, 5) is 36.8. The molecule has 2 aromatic carbocycles. The molecule has 0 aliphatic carbocycles. The Morgan fingerprint density at radius 1 is 0.596 bits per heavy atom. The first-order chi connectivity index (χ1) is 24.5. The monoisotopic (exact) mass is 731 g/mol. The molecule has 3 radical (unpaired) electrons. The molecule has 0 spiro atoms. The lowest BCUT2D eigenvalue weighted by Crippen LogP contribution is -2.50. The van der Waals surface area contributed by atoms with Gasteiger partial charge >= 0.3 is 11.9 Å². The summed E-state index contributed by atoms with van der Waals surface area (Å²) in [6.07, 6.45) is 10.2. The van der Waals surface area contributed by atoms with Crippen LogP contribution >= 0.6 is 12.4 Å². The molecule has 2 N–H and O–H groups in total. The van der Waals surface area contributed by atoms with Gasteiger partial charge in [0.15, 0.2) is 23.0 Å². The second-order valence-corrected chi connectivity index (χ2v) is 14.8. The SMILES string of the molecule is Cl.O=C(OCC12CCN(CC1)CC2)c1c[nH]c2ccc3c(c12)OCCO3.O=C(OCC12CCN(CC1)CC2)c1c[nH]c2ccc3c(c12)OCCO3.[B]. The summed E-state index contributed by atoms with van der Waals surface area (Å²) < 4.78 is 34.3. The van der Waals surface area contributed by atoms with E-state index >= 15 is 0 Å². The van der Waals surface area contributed by atoms with Crippen LogP contribution in [0.2, 0.25) is 0 Å². The number of halogens is 1. The van der Waals surface area contributed by atoms with Gasteiger partial charge in [0.05, 0.1) is 46.1 Å². The fraction of sp³-hybridized carbons (Fsp3) is 0.526. The highest BCUT2D eigenvalue weighted by molar-refractivity contribution is 6.08. The summed E-state index contributed by atoms with van der Waals surface area (Å²) in [7, 11) is 0. The van der Waals surface area contributed by atoms with Crippen molar-refractivity contribution in [1.29, 1.82) is 0 Å². The summed E-state index contributed by atoms with van der Waals surface area (Å²) in [5.74, 6) is 2.09. The van der Waals surface area contributed by atoms with Crippen molar-refractivity contribution in [3.05, 3.63) is 47.8 Å². The second-order valence-electron chi connectivity index (χ2n) is 14.8. The number of benzene rings is 2. The Hall–Kier alpha value is -4.07. The van der Waals surface area contributed by atoms with E-state index in [0.29, 0.717) is 73.8 Å². The van der Waals surface area contributed by atoms with Gasteiger partial charge in [0.1, 0.15) is 26.4 Å². The number of rotatable bonds is 6. The van der Waals surface area contributed by atoms with E-state index in [1.54, 1.807) is 12.4 Å². The van der Waals surface area contributed by atoms with Crippen LogP contribution in [0.15, 0.2) is 36.7 Å². The molecule has 0 unspecified atom stereocenters. The van der Waals surface area contributed by atoms with Crippen LogP contribution in [-0.2, 0) is 9.47 Å². The Bertz CT molecular complexity index is 1770. The molecule has 12 nitrogen and oxygen atoms in total. The first kappa shape index (κ1) is 36.3. The second kappa shape index (κ2) is 14.8.